The summed E-state index contributed by atoms with van der Waals surface area (Å²) in [6.07, 6.45) is 1.54. The first-order chi connectivity index (χ1) is 5.33. The van der Waals surface area contributed by atoms with Gasteiger partial charge in [0.05, 0.1) is 6.26 Å². The van der Waals surface area contributed by atoms with Crippen LogP contribution in [0.25, 0.3) is 0 Å². The zero-order valence-electron chi connectivity index (χ0n) is 6.32. The van der Waals surface area contributed by atoms with Crippen molar-refractivity contribution in [3.05, 3.63) is 29.4 Å². The summed E-state index contributed by atoms with van der Waals surface area (Å²) in [4.78, 5) is 4.72. The zero-order valence-corrected chi connectivity index (χ0v) is 6.32. The molecule has 0 atom stereocenters. The van der Waals surface area contributed by atoms with E-state index in [4.69, 9.17) is 9.25 Å². The summed E-state index contributed by atoms with van der Waals surface area (Å²) in [5.41, 5.74) is 0. The fourth-order valence-corrected chi connectivity index (χ4v) is 0.622. The largest absolute Gasteiger partial charge is 0.762 e. The maximum Gasteiger partial charge on any atom is 0.131 e. The van der Waals surface area contributed by atoms with E-state index in [0.29, 0.717) is 17.5 Å². The number of hydrogen-bond donors (Lipinski definition) is 0. The lowest BCUT2D eigenvalue weighted by molar-refractivity contribution is -0.132. The van der Waals surface area contributed by atoms with Crippen LogP contribution >= 0.6 is 0 Å². The number of rotatable bonds is 4. The third-order valence-electron chi connectivity index (χ3n) is 1.19. The molecule has 0 aliphatic heterocycles. The Labute approximate surface area is 64.9 Å². The van der Waals surface area contributed by atoms with Crippen molar-refractivity contribution in [3.63, 3.8) is 0 Å². The van der Waals surface area contributed by atoms with Crippen molar-refractivity contribution in [3.8, 4) is 0 Å². The van der Waals surface area contributed by atoms with Gasteiger partial charge in [-0.05, 0) is 12.1 Å². The maximum absolute atomic E-state index is 10.6. The fraction of sp³-hybridized carbons (Fsp3) is 0.429. The fourth-order valence-electron chi connectivity index (χ4n) is 0.622. The van der Waals surface area contributed by atoms with E-state index in [-0.39, 0.29) is 6.61 Å². The van der Waals surface area contributed by atoms with E-state index in [1.54, 1.807) is 25.3 Å². The second kappa shape index (κ2) is 4.12. The second-order valence-corrected chi connectivity index (χ2v) is 2.00. The summed E-state index contributed by atoms with van der Waals surface area (Å²) in [7, 11) is 0. The average molecular weight is 156 g/mol. The van der Waals surface area contributed by atoms with Gasteiger partial charge < -0.3 is 14.5 Å². The van der Waals surface area contributed by atoms with Crippen LogP contribution in [0.3, 0.4) is 0 Å². The third kappa shape index (κ3) is 2.71. The lowest BCUT2D eigenvalue weighted by Gasteiger charge is -2.24. The van der Waals surface area contributed by atoms with Crippen LogP contribution in [0.15, 0.2) is 22.8 Å². The molecule has 0 spiro atoms. The minimum Gasteiger partial charge on any atom is -0.762 e. The molecule has 0 N–H and O–H groups in total. The van der Waals surface area contributed by atoms with Crippen LogP contribution in [-0.2, 0) is 11.4 Å². The van der Waals surface area contributed by atoms with Gasteiger partial charge in [-0.3, -0.25) is 5.23 Å². The van der Waals surface area contributed by atoms with Crippen LogP contribution in [0.5, 0.6) is 0 Å². The highest BCUT2D eigenvalue weighted by molar-refractivity contribution is 4.95. The van der Waals surface area contributed by atoms with Gasteiger partial charge in [-0.1, -0.05) is 6.92 Å². The van der Waals surface area contributed by atoms with E-state index in [1.165, 1.54) is 0 Å². The Bertz CT molecular complexity index is 186. The molecular formula is C7H10NO3-. The molecule has 0 aliphatic carbocycles. The van der Waals surface area contributed by atoms with Gasteiger partial charge in [-0.2, -0.15) is 0 Å². The molecule has 62 valence electrons. The van der Waals surface area contributed by atoms with Gasteiger partial charge in [0, 0.05) is 6.54 Å². The van der Waals surface area contributed by atoms with Crippen molar-refractivity contribution in [1.29, 1.82) is 0 Å². The number of furan rings is 1. The van der Waals surface area contributed by atoms with Gasteiger partial charge in [0.25, 0.3) is 0 Å². The lowest BCUT2D eigenvalue weighted by atomic mass is 10.5. The minimum absolute atomic E-state index is 0.199. The van der Waals surface area contributed by atoms with Crippen molar-refractivity contribution in [2.75, 3.05) is 6.54 Å². The summed E-state index contributed by atoms with van der Waals surface area (Å²) >= 11 is 0. The normalized spacial score (nSPS) is 10.8. The molecule has 0 saturated heterocycles. The van der Waals surface area contributed by atoms with Crippen molar-refractivity contribution < 1.29 is 9.25 Å². The zero-order chi connectivity index (χ0) is 8.10. The van der Waals surface area contributed by atoms with Crippen LogP contribution < -0.4 is 0 Å². The van der Waals surface area contributed by atoms with E-state index in [1.807, 2.05) is 0 Å². The molecule has 0 bridgehead atoms. The first kappa shape index (κ1) is 8.26. The van der Waals surface area contributed by atoms with Crippen molar-refractivity contribution >= 4 is 0 Å². The number of hydroxylamine groups is 2. The summed E-state index contributed by atoms with van der Waals surface area (Å²) < 4.78 is 4.94. The molecule has 1 aromatic rings. The Morgan fingerprint density at radius 2 is 2.55 bits per heavy atom. The van der Waals surface area contributed by atoms with E-state index in [2.05, 4.69) is 0 Å². The number of hydrogen-bond acceptors (Lipinski definition) is 4. The lowest BCUT2D eigenvalue weighted by Crippen LogP contribution is -2.15. The topological polar surface area (TPSA) is 48.7 Å². The smallest absolute Gasteiger partial charge is 0.131 e. The molecular weight excluding hydrogens is 146 g/mol. The molecule has 0 radical (unpaired) electrons. The van der Waals surface area contributed by atoms with Gasteiger partial charge in [-0.25, -0.2) is 0 Å². The molecule has 0 aliphatic rings. The molecule has 1 aromatic heterocycles. The third-order valence-corrected chi connectivity index (χ3v) is 1.19. The highest BCUT2D eigenvalue weighted by Gasteiger charge is 1.94. The summed E-state index contributed by atoms with van der Waals surface area (Å²) in [6, 6.07) is 3.50. The molecule has 1 rings (SSSR count). The van der Waals surface area contributed by atoms with E-state index >= 15 is 0 Å². The Morgan fingerprint density at radius 3 is 3.09 bits per heavy atom. The molecule has 0 saturated carbocycles. The van der Waals surface area contributed by atoms with Crippen molar-refractivity contribution in [1.82, 2.24) is 5.23 Å². The predicted molar refractivity (Wildman–Crippen MR) is 39.2 cm³/mol. The van der Waals surface area contributed by atoms with Crippen LogP contribution in [0.1, 0.15) is 12.7 Å². The standard InChI is InChI=1S/C7H10NO3/c1-2-8(9)11-6-7-4-3-5-10-7/h3-5H,2,6H2,1H3/q-1. The van der Waals surface area contributed by atoms with Gasteiger partial charge in [0.2, 0.25) is 0 Å². The Balaban J connectivity index is 2.23. The van der Waals surface area contributed by atoms with Gasteiger partial charge in [0.15, 0.2) is 0 Å². The Hall–Kier alpha value is -0.840. The Kier molecular flexibility index (Phi) is 3.10. The molecule has 0 unspecified atom stereocenters. The molecule has 1 heterocycles. The molecule has 0 fully saturated rings. The highest BCUT2D eigenvalue weighted by Crippen LogP contribution is 2.02. The van der Waals surface area contributed by atoms with Gasteiger partial charge in [0.1, 0.15) is 12.4 Å². The summed E-state index contributed by atoms with van der Waals surface area (Å²) in [5, 5.41) is 11.1. The predicted octanol–water partition coefficient (Wildman–Crippen LogP) is 1.53. The van der Waals surface area contributed by atoms with Crippen molar-refractivity contribution in [2.45, 2.75) is 13.5 Å². The first-order valence-corrected chi connectivity index (χ1v) is 3.43. The van der Waals surface area contributed by atoms with E-state index in [0.717, 1.165) is 0 Å². The quantitative estimate of drug-likeness (QED) is 0.620. The molecule has 4 nitrogen and oxygen atoms in total. The maximum atomic E-state index is 10.6. The first-order valence-electron chi connectivity index (χ1n) is 3.43. The molecule has 0 aromatic carbocycles. The van der Waals surface area contributed by atoms with E-state index in [9.17, 15) is 5.21 Å². The van der Waals surface area contributed by atoms with Gasteiger partial charge in [-0.15, -0.1) is 0 Å². The number of nitrogens with zero attached hydrogens (tertiary/aromatic N) is 1. The van der Waals surface area contributed by atoms with E-state index < -0.39 is 0 Å². The SMILES string of the molecule is CCN([O-])OCc1ccco1. The highest BCUT2D eigenvalue weighted by atomic mass is 16.9. The summed E-state index contributed by atoms with van der Waals surface area (Å²) in [5.74, 6) is 0.652. The van der Waals surface area contributed by atoms with Crippen LogP contribution in [0.4, 0.5) is 0 Å². The molecule has 4 heteroatoms. The Morgan fingerprint density at radius 1 is 1.73 bits per heavy atom. The van der Waals surface area contributed by atoms with Crippen LogP contribution in [0.2, 0.25) is 0 Å². The second-order valence-electron chi connectivity index (χ2n) is 2.00. The van der Waals surface area contributed by atoms with Crippen LogP contribution in [0, 0.1) is 5.21 Å². The minimum atomic E-state index is 0.199. The molecule has 0 amide bonds. The average Bonchev–Trinajstić information content (AvgIpc) is 2.52. The monoisotopic (exact) mass is 156 g/mol. The van der Waals surface area contributed by atoms with Crippen LogP contribution in [-0.4, -0.2) is 11.8 Å². The molecule has 11 heavy (non-hydrogen) atoms. The van der Waals surface area contributed by atoms with Crippen molar-refractivity contribution in [2.24, 2.45) is 0 Å². The summed E-state index contributed by atoms with van der Waals surface area (Å²) in [6.45, 7) is 2.24. The van der Waals surface area contributed by atoms with Gasteiger partial charge >= 0.3 is 0 Å².